The number of carbonyl (C=O) groups is 2. The van der Waals surface area contributed by atoms with E-state index >= 15 is 0 Å². The van der Waals surface area contributed by atoms with Crippen LogP contribution in [0.25, 0.3) is 0 Å². The van der Waals surface area contributed by atoms with Crippen LogP contribution in [0, 0.1) is 6.92 Å². The lowest BCUT2D eigenvalue weighted by molar-refractivity contribution is -0.130. The monoisotopic (exact) mass is 636 g/mol. The van der Waals surface area contributed by atoms with Crippen LogP contribution in [0.1, 0.15) is 50.2 Å². The third kappa shape index (κ3) is 7.00. The fourth-order valence-corrected chi connectivity index (χ4v) is 6.67. The molecule has 228 valence electrons. The maximum atomic E-state index is 13.8. The molecule has 0 aliphatic carbocycles. The molecule has 6 rings (SSSR count). The number of ether oxygens (including phenoxy) is 1. The van der Waals surface area contributed by atoms with E-state index in [1.807, 2.05) is 58.5 Å². The average Bonchev–Trinajstić information content (AvgIpc) is 3.84. The number of aryl methyl sites for hydroxylation is 1. The van der Waals surface area contributed by atoms with Gasteiger partial charge in [-0.25, -0.2) is 5.01 Å². The van der Waals surface area contributed by atoms with Crippen molar-refractivity contribution in [3.8, 4) is 5.75 Å². The molecular weight excluding hydrogens is 605 g/mol. The summed E-state index contributed by atoms with van der Waals surface area (Å²) >= 11 is 2.94. The number of hydrogen-bond acceptors (Lipinski definition) is 8. The summed E-state index contributed by atoms with van der Waals surface area (Å²) in [4.78, 5) is 27.8. The highest BCUT2D eigenvalue weighted by Crippen LogP contribution is 2.35. The van der Waals surface area contributed by atoms with Crippen molar-refractivity contribution in [3.63, 3.8) is 0 Å². The number of rotatable bonds is 11. The van der Waals surface area contributed by atoms with Gasteiger partial charge in [0, 0.05) is 6.42 Å². The molecule has 9 nitrogen and oxygen atoms in total. The Balaban J connectivity index is 1.21. The molecule has 2 amide bonds. The highest BCUT2D eigenvalue weighted by atomic mass is 32.2. The first kappa shape index (κ1) is 30.3. The number of carbonyl (C=O) groups excluding carboxylic acids is 2. The van der Waals surface area contributed by atoms with Crippen LogP contribution in [-0.2, 0) is 17.9 Å². The van der Waals surface area contributed by atoms with E-state index in [0.717, 1.165) is 27.3 Å². The number of nitrogens with one attached hydrogen (secondary N) is 1. The topological polar surface area (TPSA) is 102 Å². The molecule has 45 heavy (non-hydrogen) atoms. The molecule has 1 aliphatic rings. The number of aromatic nitrogens is 3. The molecule has 0 unspecified atom stereocenters. The minimum atomic E-state index is -0.276. The standard InChI is InChI=1S/C34H32N6O3S2/c1-23-14-16-25(17-15-23)28-19-27(30-13-8-18-44-30)38-40(28)32(41)22-45-34-37-36-31(39(34)21-24-9-4-3-5-10-24)20-35-33(42)26-11-6-7-12-29(26)43-2/h3-18,28H,19-22H2,1-2H3,(H,35,42)/t28-/m1/s1. The number of thioether (sulfide) groups is 1. The molecule has 0 saturated carbocycles. The average molecular weight is 637 g/mol. The quantitative estimate of drug-likeness (QED) is 0.176. The second-order valence-corrected chi connectivity index (χ2v) is 12.4. The number of hydrogen-bond donors (Lipinski definition) is 1. The smallest absolute Gasteiger partial charge is 0.255 e. The van der Waals surface area contributed by atoms with Gasteiger partial charge < -0.3 is 14.6 Å². The van der Waals surface area contributed by atoms with E-state index in [2.05, 4.69) is 46.7 Å². The van der Waals surface area contributed by atoms with Crippen LogP contribution in [0.2, 0.25) is 0 Å². The number of amides is 2. The zero-order valence-corrected chi connectivity index (χ0v) is 26.6. The summed E-state index contributed by atoms with van der Waals surface area (Å²) < 4.78 is 7.29. The Labute approximate surface area is 270 Å². The van der Waals surface area contributed by atoms with Gasteiger partial charge in [-0.3, -0.25) is 9.59 Å². The first-order valence-corrected chi connectivity index (χ1v) is 16.4. The fraction of sp³-hybridized carbons (Fsp3) is 0.206. The molecule has 5 aromatic rings. The second-order valence-electron chi connectivity index (χ2n) is 10.5. The van der Waals surface area contributed by atoms with Crippen molar-refractivity contribution in [2.24, 2.45) is 5.10 Å². The molecular formula is C34H32N6O3S2. The minimum absolute atomic E-state index is 0.114. The molecule has 3 aromatic carbocycles. The second kappa shape index (κ2) is 13.9. The molecule has 0 radical (unpaired) electrons. The van der Waals surface area contributed by atoms with Crippen LogP contribution in [0.15, 0.2) is 107 Å². The Morgan fingerprint density at radius 1 is 0.978 bits per heavy atom. The predicted octanol–water partition coefficient (Wildman–Crippen LogP) is 6.10. The van der Waals surface area contributed by atoms with Crippen molar-refractivity contribution in [1.29, 1.82) is 0 Å². The summed E-state index contributed by atoms with van der Waals surface area (Å²) in [5.74, 6) is 0.809. The van der Waals surface area contributed by atoms with Crippen molar-refractivity contribution < 1.29 is 14.3 Å². The Morgan fingerprint density at radius 3 is 2.51 bits per heavy atom. The third-order valence-electron chi connectivity index (χ3n) is 7.49. The van der Waals surface area contributed by atoms with Gasteiger partial charge >= 0.3 is 0 Å². The van der Waals surface area contributed by atoms with E-state index in [4.69, 9.17) is 9.84 Å². The summed E-state index contributed by atoms with van der Waals surface area (Å²) in [7, 11) is 1.53. The van der Waals surface area contributed by atoms with E-state index in [9.17, 15) is 9.59 Å². The van der Waals surface area contributed by atoms with E-state index in [-0.39, 0.29) is 30.2 Å². The van der Waals surface area contributed by atoms with E-state index in [1.165, 1.54) is 18.9 Å². The number of methoxy groups -OCH3 is 1. The van der Waals surface area contributed by atoms with Crippen LogP contribution < -0.4 is 10.1 Å². The Bertz CT molecular complexity index is 1800. The zero-order chi connectivity index (χ0) is 31.2. The van der Waals surface area contributed by atoms with Crippen LogP contribution in [-0.4, -0.2) is 50.2 Å². The molecule has 3 heterocycles. The predicted molar refractivity (Wildman–Crippen MR) is 177 cm³/mol. The summed E-state index contributed by atoms with van der Waals surface area (Å²) in [5.41, 5.74) is 4.61. The summed E-state index contributed by atoms with van der Waals surface area (Å²) in [5, 5.41) is 20.8. The van der Waals surface area contributed by atoms with Crippen molar-refractivity contribution in [2.75, 3.05) is 12.9 Å². The van der Waals surface area contributed by atoms with Crippen molar-refractivity contribution in [3.05, 3.63) is 129 Å². The van der Waals surface area contributed by atoms with Gasteiger partial charge in [-0.2, -0.15) is 5.10 Å². The van der Waals surface area contributed by atoms with Gasteiger partial charge in [-0.05, 0) is 41.6 Å². The largest absolute Gasteiger partial charge is 0.496 e. The maximum Gasteiger partial charge on any atom is 0.255 e. The molecule has 1 atom stereocenters. The molecule has 0 saturated heterocycles. The highest BCUT2D eigenvalue weighted by molar-refractivity contribution is 7.99. The Hall–Kier alpha value is -4.74. The highest BCUT2D eigenvalue weighted by Gasteiger charge is 2.33. The first-order chi connectivity index (χ1) is 22.0. The molecule has 0 spiro atoms. The maximum absolute atomic E-state index is 13.8. The molecule has 0 bridgehead atoms. The number of thiophene rings is 1. The lowest BCUT2D eigenvalue weighted by Gasteiger charge is -2.22. The fourth-order valence-electron chi connectivity index (χ4n) is 5.14. The number of benzene rings is 3. The van der Waals surface area contributed by atoms with Crippen LogP contribution in [0.5, 0.6) is 5.75 Å². The number of nitrogens with zero attached hydrogens (tertiary/aromatic N) is 5. The van der Waals surface area contributed by atoms with Gasteiger partial charge in [0.15, 0.2) is 11.0 Å². The number of hydrazone groups is 1. The summed E-state index contributed by atoms with van der Waals surface area (Å²) in [6.45, 7) is 2.69. The van der Waals surface area contributed by atoms with Crippen molar-refractivity contribution in [2.45, 2.75) is 37.6 Å². The van der Waals surface area contributed by atoms with Gasteiger partial charge in [0.2, 0.25) is 0 Å². The molecule has 0 fully saturated rings. The van der Waals surface area contributed by atoms with Gasteiger partial charge in [-0.15, -0.1) is 21.5 Å². The molecule has 1 aliphatic heterocycles. The van der Waals surface area contributed by atoms with Crippen LogP contribution >= 0.6 is 23.1 Å². The Kier molecular flexibility index (Phi) is 9.37. The van der Waals surface area contributed by atoms with E-state index in [0.29, 0.717) is 35.3 Å². The third-order valence-corrected chi connectivity index (χ3v) is 9.36. The Morgan fingerprint density at radius 2 is 1.76 bits per heavy atom. The van der Waals surface area contributed by atoms with Gasteiger partial charge in [-0.1, -0.05) is 90.1 Å². The minimum Gasteiger partial charge on any atom is -0.496 e. The molecule has 2 aromatic heterocycles. The van der Waals surface area contributed by atoms with E-state index in [1.54, 1.807) is 34.5 Å². The normalized spacial score (nSPS) is 14.3. The SMILES string of the molecule is COc1ccccc1C(=O)NCc1nnc(SCC(=O)N2N=C(c3cccs3)C[C@@H]2c2ccc(C)cc2)n1Cc1ccccc1. The van der Waals surface area contributed by atoms with Crippen molar-refractivity contribution >= 4 is 40.6 Å². The summed E-state index contributed by atoms with van der Waals surface area (Å²) in [6.07, 6.45) is 0.653. The van der Waals surface area contributed by atoms with Crippen molar-refractivity contribution in [1.82, 2.24) is 25.1 Å². The van der Waals surface area contributed by atoms with Crippen LogP contribution in [0.4, 0.5) is 0 Å². The molecule has 1 N–H and O–H groups in total. The van der Waals surface area contributed by atoms with Gasteiger partial charge in [0.1, 0.15) is 5.75 Å². The number of para-hydroxylation sites is 1. The zero-order valence-electron chi connectivity index (χ0n) is 24.9. The molecule has 11 heteroatoms. The lowest BCUT2D eigenvalue weighted by atomic mass is 10.00. The van der Waals surface area contributed by atoms with Gasteiger partial charge in [0.05, 0.1) is 48.1 Å². The first-order valence-electron chi connectivity index (χ1n) is 14.5. The van der Waals surface area contributed by atoms with Gasteiger partial charge in [0.25, 0.3) is 11.8 Å². The summed E-state index contributed by atoms with van der Waals surface area (Å²) in [6, 6.07) is 29.1. The van der Waals surface area contributed by atoms with Crippen LogP contribution in [0.3, 0.4) is 0 Å². The lowest BCUT2D eigenvalue weighted by Crippen LogP contribution is -2.28. The van der Waals surface area contributed by atoms with E-state index < -0.39 is 0 Å².